The average molecular weight is 286 g/mol. The molecular weight excluding hydrogens is 272 g/mol. The Hall–Kier alpha value is -2.21. The predicted molar refractivity (Wildman–Crippen MR) is 80.2 cm³/mol. The minimum absolute atomic E-state index is 0.188. The van der Waals surface area contributed by atoms with E-state index < -0.39 is 0 Å². The molecule has 1 aromatic carbocycles. The number of fused-ring (bicyclic) bond motifs is 1. The van der Waals surface area contributed by atoms with Gasteiger partial charge in [0.05, 0.1) is 23.1 Å². The van der Waals surface area contributed by atoms with Crippen LogP contribution in [0.4, 0.5) is 5.13 Å². The lowest BCUT2D eigenvalue weighted by Gasteiger charge is -2.02. The maximum absolute atomic E-state index is 12.3. The third-order valence-corrected chi connectivity index (χ3v) is 3.80. The maximum atomic E-state index is 12.3. The van der Waals surface area contributed by atoms with Crippen molar-refractivity contribution in [2.75, 3.05) is 5.32 Å². The van der Waals surface area contributed by atoms with Gasteiger partial charge in [-0.25, -0.2) is 9.97 Å². The van der Waals surface area contributed by atoms with Gasteiger partial charge in [0.2, 0.25) is 0 Å². The van der Waals surface area contributed by atoms with Crippen LogP contribution in [0.25, 0.3) is 11.0 Å². The van der Waals surface area contributed by atoms with Crippen molar-refractivity contribution in [2.24, 2.45) is 0 Å². The molecule has 6 heteroatoms. The molecular formula is C14H14N4OS. The summed E-state index contributed by atoms with van der Waals surface area (Å²) in [5.74, 6) is 0.166. The van der Waals surface area contributed by atoms with Crippen LogP contribution in [0.2, 0.25) is 0 Å². The molecule has 3 aromatic rings. The third kappa shape index (κ3) is 2.30. The van der Waals surface area contributed by atoms with Crippen LogP contribution in [0, 0.1) is 0 Å². The van der Waals surface area contributed by atoms with E-state index in [1.165, 1.54) is 11.3 Å². The zero-order valence-electron chi connectivity index (χ0n) is 11.2. The first-order chi connectivity index (χ1) is 9.65. The molecule has 2 heterocycles. The topological polar surface area (TPSA) is 70.7 Å². The van der Waals surface area contributed by atoms with Crippen LogP contribution in [0.3, 0.4) is 0 Å². The molecule has 5 nitrogen and oxygen atoms in total. The Balaban J connectivity index is 1.87. The van der Waals surface area contributed by atoms with E-state index in [1.807, 2.05) is 17.5 Å². The van der Waals surface area contributed by atoms with Crippen molar-refractivity contribution < 1.29 is 4.79 Å². The highest BCUT2D eigenvalue weighted by molar-refractivity contribution is 7.14. The monoisotopic (exact) mass is 286 g/mol. The Kier molecular flexibility index (Phi) is 3.23. The minimum atomic E-state index is -0.188. The van der Waals surface area contributed by atoms with Gasteiger partial charge in [-0.1, -0.05) is 19.9 Å². The number of aromatic amines is 1. The number of para-hydroxylation sites is 1. The number of rotatable bonds is 3. The van der Waals surface area contributed by atoms with Gasteiger partial charge in [-0.15, -0.1) is 11.3 Å². The number of H-pyrrole nitrogens is 1. The molecule has 2 aromatic heterocycles. The number of thiazole rings is 1. The van der Waals surface area contributed by atoms with Crippen LogP contribution < -0.4 is 5.32 Å². The number of hydrogen-bond acceptors (Lipinski definition) is 4. The Bertz CT molecular complexity index is 759. The van der Waals surface area contributed by atoms with Crippen LogP contribution >= 0.6 is 11.3 Å². The molecule has 2 N–H and O–H groups in total. The largest absolute Gasteiger partial charge is 0.345 e. The second-order valence-corrected chi connectivity index (χ2v) is 5.65. The smallest absolute Gasteiger partial charge is 0.259 e. The number of nitrogens with one attached hydrogen (secondary N) is 2. The molecule has 0 spiro atoms. The summed E-state index contributed by atoms with van der Waals surface area (Å²) in [4.78, 5) is 23.9. The molecule has 0 radical (unpaired) electrons. The molecule has 3 rings (SSSR count). The second kappa shape index (κ2) is 5.05. The van der Waals surface area contributed by atoms with Crippen LogP contribution in [0.1, 0.15) is 35.8 Å². The van der Waals surface area contributed by atoms with Gasteiger partial charge in [0.15, 0.2) is 5.13 Å². The fourth-order valence-electron chi connectivity index (χ4n) is 1.92. The first kappa shape index (κ1) is 12.8. The van der Waals surface area contributed by atoms with Gasteiger partial charge in [-0.05, 0) is 18.1 Å². The normalized spacial score (nSPS) is 11.2. The van der Waals surface area contributed by atoms with E-state index >= 15 is 0 Å². The van der Waals surface area contributed by atoms with Gasteiger partial charge in [-0.3, -0.25) is 10.1 Å². The number of carbonyl (C=O) groups is 1. The fourth-order valence-corrected chi connectivity index (χ4v) is 2.79. The van der Waals surface area contributed by atoms with E-state index in [0.717, 1.165) is 11.2 Å². The Labute approximate surface area is 120 Å². The number of nitrogens with zero attached hydrogens (tertiary/aromatic N) is 2. The zero-order chi connectivity index (χ0) is 14.1. The Morgan fingerprint density at radius 2 is 2.25 bits per heavy atom. The van der Waals surface area contributed by atoms with Gasteiger partial charge < -0.3 is 4.98 Å². The molecule has 0 aliphatic rings. The van der Waals surface area contributed by atoms with E-state index in [-0.39, 0.29) is 5.91 Å². The van der Waals surface area contributed by atoms with Crippen molar-refractivity contribution in [1.82, 2.24) is 15.0 Å². The highest BCUT2D eigenvalue weighted by Gasteiger charge is 2.14. The summed E-state index contributed by atoms with van der Waals surface area (Å²) in [5, 5.41) is 5.41. The molecule has 20 heavy (non-hydrogen) atoms. The summed E-state index contributed by atoms with van der Waals surface area (Å²) in [7, 11) is 0. The van der Waals surface area contributed by atoms with Gasteiger partial charge in [-0.2, -0.15) is 0 Å². The van der Waals surface area contributed by atoms with E-state index in [2.05, 4.69) is 34.1 Å². The zero-order valence-corrected chi connectivity index (χ0v) is 12.0. The standard InChI is InChI=1S/C14H14N4OS/c1-8(2)11-6-20-14(17-11)18-13(19)9-4-3-5-10-12(9)16-7-15-10/h3-8H,1-2H3,(H,15,16)(H,17,18,19). The Morgan fingerprint density at radius 3 is 3.00 bits per heavy atom. The molecule has 0 atom stereocenters. The summed E-state index contributed by atoms with van der Waals surface area (Å²) in [5.41, 5.74) is 3.05. The molecule has 0 saturated heterocycles. The van der Waals surface area contributed by atoms with Crippen LogP contribution in [-0.2, 0) is 0 Å². The lowest BCUT2D eigenvalue weighted by Crippen LogP contribution is -2.12. The molecule has 0 bridgehead atoms. The summed E-state index contributed by atoms with van der Waals surface area (Å²) in [6.45, 7) is 4.15. The number of anilines is 1. The summed E-state index contributed by atoms with van der Waals surface area (Å²) in [6, 6.07) is 5.48. The lowest BCUT2D eigenvalue weighted by molar-refractivity contribution is 0.102. The molecule has 0 aliphatic heterocycles. The highest BCUT2D eigenvalue weighted by Crippen LogP contribution is 2.23. The van der Waals surface area contributed by atoms with Crippen molar-refractivity contribution in [3.8, 4) is 0 Å². The number of imidazole rings is 1. The predicted octanol–water partition coefficient (Wildman–Crippen LogP) is 3.40. The third-order valence-electron chi connectivity index (χ3n) is 3.03. The van der Waals surface area contributed by atoms with Crippen molar-refractivity contribution >= 4 is 33.4 Å². The molecule has 0 fully saturated rings. The molecule has 0 aliphatic carbocycles. The minimum Gasteiger partial charge on any atom is -0.345 e. The van der Waals surface area contributed by atoms with Crippen LogP contribution in [-0.4, -0.2) is 20.9 Å². The molecule has 102 valence electrons. The summed E-state index contributed by atoms with van der Waals surface area (Å²) >= 11 is 1.44. The van der Waals surface area contributed by atoms with E-state index in [0.29, 0.717) is 22.1 Å². The van der Waals surface area contributed by atoms with Gasteiger partial charge in [0.1, 0.15) is 5.52 Å². The SMILES string of the molecule is CC(C)c1csc(NC(=O)c2cccc3[nH]cnc23)n1. The molecule has 1 amide bonds. The van der Waals surface area contributed by atoms with Crippen molar-refractivity contribution in [3.05, 3.63) is 41.2 Å². The lowest BCUT2D eigenvalue weighted by atomic mass is 10.1. The number of amides is 1. The molecule has 0 unspecified atom stereocenters. The van der Waals surface area contributed by atoms with E-state index in [1.54, 1.807) is 12.4 Å². The second-order valence-electron chi connectivity index (χ2n) is 4.79. The molecule has 0 saturated carbocycles. The van der Waals surface area contributed by atoms with Crippen LogP contribution in [0.5, 0.6) is 0 Å². The first-order valence-corrected chi connectivity index (χ1v) is 7.22. The maximum Gasteiger partial charge on any atom is 0.259 e. The van der Waals surface area contributed by atoms with Crippen molar-refractivity contribution in [1.29, 1.82) is 0 Å². The van der Waals surface area contributed by atoms with Crippen molar-refractivity contribution in [3.63, 3.8) is 0 Å². The number of carbonyl (C=O) groups excluding carboxylic acids is 1. The van der Waals surface area contributed by atoms with Crippen molar-refractivity contribution in [2.45, 2.75) is 19.8 Å². The quantitative estimate of drug-likeness (QED) is 0.775. The fraction of sp³-hybridized carbons (Fsp3) is 0.214. The first-order valence-electron chi connectivity index (χ1n) is 6.34. The highest BCUT2D eigenvalue weighted by atomic mass is 32.1. The van der Waals surface area contributed by atoms with Gasteiger partial charge in [0, 0.05) is 5.38 Å². The summed E-state index contributed by atoms with van der Waals surface area (Å²) in [6.07, 6.45) is 1.59. The van der Waals surface area contributed by atoms with E-state index in [9.17, 15) is 4.79 Å². The summed E-state index contributed by atoms with van der Waals surface area (Å²) < 4.78 is 0. The van der Waals surface area contributed by atoms with Gasteiger partial charge in [0.25, 0.3) is 5.91 Å². The number of aromatic nitrogens is 3. The van der Waals surface area contributed by atoms with E-state index in [4.69, 9.17) is 0 Å². The number of benzene rings is 1. The number of hydrogen-bond donors (Lipinski definition) is 2. The van der Waals surface area contributed by atoms with Gasteiger partial charge >= 0.3 is 0 Å². The Morgan fingerprint density at radius 1 is 1.40 bits per heavy atom. The average Bonchev–Trinajstić information content (AvgIpc) is 3.05. The van der Waals surface area contributed by atoms with Crippen LogP contribution in [0.15, 0.2) is 29.9 Å².